The summed E-state index contributed by atoms with van der Waals surface area (Å²) in [6.07, 6.45) is -1.94. The lowest BCUT2D eigenvalue weighted by Gasteiger charge is -2.39. The molecule has 1 N–H and O–H groups in total. The van der Waals surface area contributed by atoms with E-state index in [-0.39, 0.29) is 0 Å². The van der Waals surface area contributed by atoms with Crippen LogP contribution in [-0.4, -0.2) is 44.9 Å². The van der Waals surface area contributed by atoms with Crippen LogP contribution in [-0.2, 0) is 19.1 Å². The monoisotopic (exact) mass is 271 g/mol. The van der Waals surface area contributed by atoms with Crippen molar-refractivity contribution in [2.75, 3.05) is 0 Å². The van der Waals surface area contributed by atoms with Crippen molar-refractivity contribution in [2.45, 2.75) is 51.7 Å². The van der Waals surface area contributed by atoms with Crippen molar-refractivity contribution >= 4 is 23.8 Å². The highest BCUT2D eigenvalue weighted by Crippen LogP contribution is 2.29. The van der Waals surface area contributed by atoms with E-state index < -0.39 is 47.7 Å². The summed E-state index contributed by atoms with van der Waals surface area (Å²) in [4.78, 5) is 47.0. The van der Waals surface area contributed by atoms with E-state index in [1.54, 1.807) is 20.8 Å². The number of Topliss-reactive ketones (excluding diaryl/α,β-unsaturated/α-hetero) is 1. The van der Waals surface area contributed by atoms with Crippen LogP contribution in [0.15, 0.2) is 0 Å². The zero-order valence-electron chi connectivity index (χ0n) is 11.3. The number of ether oxygens (including phenoxy) is 1. The Kier molecular flexibility index (Phi) is 3.70. The number of amides is 2. The summed E-state index contributed by atoms with van der Waals surface area (Å²) >= 11 is 0. The Balaban J connectivity index is 3.12. The van der Waals surface area contributed by atoms with E-state index in [2.05, 4.69) is 0 Å². The van der Waals surface area contributed by atoms with Gasteiger partial charge in [0, 0.05) is 6.42 Å². The summed E-state index contributed by atoms with van der Waals surface area (Å²) in [5.74, 6) is -2.77. The molecule has 0 aromatic heterocycles. The van der Waals surface area contributed by atoms with E-state index in [1.165, 1.54) is 0 Å². The summed E-state index contributed by atoms with van der Waals surface area (Å²) < 4.78 is 5.02. The highest BCUT2D eigenvalue weighted by atomic mass is 16.6. The van der Waals surface area contributed by atoms with Crippen molar-refractivity contribution in [3.05, 3.63) is 0 Å². The standard InChI is InChI=1S/C12H17NO6/c1-11(2,3)19-10(18)13-8(15)5-7(14)6-12(13,4)9(16)17/h5-6H2,1-4H3,(H,16,17). The quantitative estimate of drug-likeness (QED) is 0.713. The van der Waals surface area contributed by atoms with Crippen LogP contribution < -0.4 is 0 Å². The zero-order valence-corrected chi connectivity index (χ0v) is 11.3. The van der Waals surface area contributed by atoms with Gasteiger partial charge >= 0.3 is 12.1 Å². The third-order valence-corrected chi connectivity index (χ3v) is 2.67. The average molecular weight is 271 g/mol. The number of carboxylic acids is 1. The lowest BCUT2D eigenvalue weighted by molar-refractivity contribution is -0.163. The molecule has 7 nitrogen and oxygen atoms in total. The number of piperidine rings is 1. The number of carboxylic acid groups (broad SMARTS) is 1. The van der Waals surface area contributed by atoms with Crippen molar-refractivity contribution in [3.8, 4) is 0 Å². The minimum absolute atomic E-state index is 0.409. The fourth-order valence-corrected chi connectivity index (χ4v) is 1.83. The molecule has 0 spiro atoms. The van der Waals surface area contributed by atoms with Crippen LogP contribution in [0.2, 0.25) is 0 Å². The molecule has 7 heteroatoms. The highest BCUT2D eigenvalue weighted by molar-refractivity contribution is 6.11. The van der Waals surface area contributed by atoms with Gasteiger partial charge in [-0.3, -0.25) is 9.59 Å². The van der Waals surface area contributed by atoms with Crippen LogP contribution in [0.25, 0.3) is 0 Å². The maximum Gasteiger partial charge on any atom is 0.418 e. The van der Waals surface area contributed by atoms with Gasteiger partial charge < -0.3 is 9.84 Å². The molecule has 0 radical (unpaired) electrons. The van der Waals surface area contributed by atoms with Crippen LogP contribution in [0.5, 0.6) is 0 Å². The third-order valence-electron chi connectivity index (χ3n) is 2.67. The molecule has 1 aliphatic heterocycles. The normalized spacial score (nSPS) is 24.3. The van der Waals surface area contributed by atoms with Gasteiger partial charge in [-0.25, -0.2) is 14.5 Å². The van der Waals surface area contributed by atoms with Gasteiger partial charge in [0.1, 0.15) is 11.4 Å². The second-order valence-corrected chi connectivity index (χ2v) is 5.68. The van der Waals surface area contributed by atoms with Crippen LogP contribution >= 0.6 is 0 Å². The summed E-state index contributed by atoms with van der Waals surface area (Å²) in [6.45, 7) is 5.96. The van der Waals surface area contributed by atoms with Gasteiger partial charge in [-0.1, -0.05) is 0 Å². The second kappa shape index (κ2) is 4.64. The van der Waals surface area contributed by atoms with E-state index in [9.17, 15) is 24.3 Å². The van der Waals surface area contributed by atoms with Gasteiger partial charge in [-0.05, 0) is 27.7 Å². The predicted octanol–water partition coefficient (Wildman–Crippen LogP) is 0.956. The minimum Gasteiger partial charge on any atom is -0.479 e. The van der Waals surface area contributed by atoms with Crippen molar-refractivity contribution in [2.24, 2.45) is 0 Å². The van der Waals surface area contributed by atoms with Gasteiger partial charge in [0.05, 0.1) is 6.42 Å². The molecule has 0 aromatic rings. The molecule has 1 saturated heterocycles. The maximum atomic E-state index is 12.0. The van der Waals surface area contributed by atoms with Crippen molar-refractivity contribution in [1.29, 1.82) is 0 Å². The van der Waals surface area contributed by atoms with Crippen molar-refractivity contribution in [3.63, 3.8) is 0 Å². The Morgan fingerprint density at radius 2 is 1.84 bits per heavy atom. The van der Waals surface area contributed by atoms with E-state index in [0.717, 1.165) is 6.92 Å². The molecule has 2 amide bonds. The molecule has 1 unspecified atom stereocenters. The topological polar surface area (TPSA) is 101 Å². The van der Waals surface area contributed by atoms with Crippen LogP contribution in [0.3, 0.4) is 0 Å². The van der Waals surface area contributed by atoms with Crippen LogP contribution in [0, 0.1) is 0 Å². The third kappa shape index (κ3) is 3.10. The molecule has 1 aliphatic rings. The van der Waals surface area contributed by atoms with E-state index in [4.69, 9.17) is 4.74 Å². The fourth-order valence-electron chi connectivity index (χ4n) is 1.83. The summed E-state index contributed by atoms with van der Waals surface area (Å²) in [7, 11) is 0. The number of imide groups is 1. The van der Waals surface area contributed by atoms with E-state index in [0.29, 0.717) is 4.90 Å². The molecular formula is C12H17NO6. The molecule has 0 aromatic carbocycles. The number of carbonyl (C=O) groups is 4. The molecule has 106 valence electrons. The van der Waals surface area contributed by atoms with Crippen molar-refractivity contribution < 1.29 is 29.0 Å². The van der Waals surface area contributed by atoms with E-state index >= 15 is 0 Å². The second-order valence-electron chi connectivity index (χ2n) is 5.68. The number of nitrogens with zero attached hydrogens (tertiary/aromatic N) is 1. The summed E-state index contributed by atoms with van der Waals surface area (Å²) in [6, 6.07) is 0. The molecule has 0 aliphatic carbocycles. The predicted molar refractivity (Wildman–Crippen MR) is 63.4 cm³/mol. The molecule has 0 bridgehead atoms. The number of ketones is 1. The largest absolute Gasteiger partial charge is 0.479 e. The SMILES string of the molecule is CC(C)(C)OC(=O)N1C(=O)CC(=O)CC1(C)C(=O)O. The number of hydrogen-bond acceptors (Lipinski definition) is 5. The summed E-state index contributed by atoms with van der Waals surface area (Å²) in [5.41, 5.74) is -2.76. The number of carbonyl (C=O) groups excluding carboxylic acids is 3. The number of rotatable bonds is 1. The van der Waals surface area contributed by atoms with Gasteiger partial charge in [-0.2, -0.15) is 0 Å². The highest BCUT2D eigenvalue weighted by Gasteiger charge is 2.52. The first-order valence-electron chi connectivity index (χ1n) is 5.78. The molecule has 1 atom stereocenters. The first-order chi connectivity index (χ1) is 8.47. The average Bonchev–Trinajstić information content (AvgIpc) is 2.11. The molecular weight excluding hydrogens is 254 g/mol. The molecule has 1 fully saturated rings. The number of aliphatic carboxylic acids is 1. The fraction of sp³-hybridized carbons (Fsp3) is 0.667. The lowest BCUT2D eigenvalue weighted by atomic mass is 9.87. The maximum absolute atomic E-state index is 12.0. The number of hydrogen-bond donors (Lipinski definition) is 1. The lowest BCUT2D eigenvalue weighted by Crippen LogP contribution is -2.62. The van der Waals surface area contributed by atoms with E-state index in [1.807, 2.05) is 0 Å². The first-order valence-corrected chi connectivity index (χ1v) is 5.78. The van der Waals surface area contributed by atoms with Crippen LogP contribution in [0.4, 0.5) is 4.79 Å². The molecule has 1 heterocycles. The Bertz CT molecular complexity index is 450. The molecule has 0 saturated carbocycles. The Morgan fingerprint density at radius 3 is 2.26 bits per heavy atom. The Hall–Kier alpha value is -1.92. The molecule has 19 heavy (non-hydrogen) atoms. The van der Waals surface area contributed by atoms with Gasteiger partial charge in [0.25, 0.3) is 0 Å². The number of likely N-dealkylation sites (tertiary alicyclic amines) is 1. The van der Waals surface area contributed by atoms with Gasteiger partial charge in [-0.15, -0.1) is 0 Å². The van der Waals surface area contributed by atoms with Crippen molar-refractivity contribution in [1.82, 2.24) is 4.90 Å². The molecule has 1 rings (SSSR count). The van der Waals surface area contributed by atoms with Gasteiger partial charge in [0.2, 0.25) is 5.91 Å². The minimum atomic E-state index is -1.89. The van der Waals surface area contributed by atoms with Crippen LogP contribution in [0.1, 0.15) is 40.5 Å². The summed E-state index contributed by atoms with van der Waals surface area (Å²) in [5, 5.41) is 9.20. The Labute approximate surface area is 110 Å². The zero-order chi connectivity index (χ0) is 15.0. The van der Waals surface area contributed by atoms with Gasteiger partial charge in [0.15, 0.2) is 5.54 Å². The first kappa shape index (κ1) is 15.1. The Morgan fingerprint density at radius 1 is 1.32 bits per heavy atom. The smallest absolute Gasteiger partial charge is 0.418 e.